The summed E-state index contributed by atoms with van der Waals surface area (Å²) in [6, 6.07) is 4.96. The molecule has 0 aliphatic heterocycles. The van der Waals surface area contributed by atoms with Crippen LogP contribution in [0.15, 0.2) is 29.3 Å². The Morgan fingerprint density at radius 2 is 1.96 bits per heavy atom. The van der Waals surface area contributed by atoms with Crippen LogP contribution in [0.3, 0.4) is 0 Å². The Bertz CT molecular complexity index is 1150. The number of thiophene rings is 1. The molecule has 146 valence electrons. The standard InChI is InChI=1S/C20H21N3O4S/c1-10-6-7-14(11(2)8-10)22-17(24)16-12(3)15-18(28-16)21-9-23(19(15)25)13(4)20(26)27-5/h6-9,13H,1-5H3,(H,22,24). The van der Waals surface area contributed by atoms with E-state index in [1.165, 1.54) is 18.0 Å². The van der Waals surface area contributed by atoms with Crippen LogP contribution >= 0.6 is 11.3 Å². The molecule has 1 aromatic carbocycles. The average Bonchev–Trinajstić information content (AvgIpc) is 3.00. The van der Waals surface area contributed by atoms with Crippen LogP contribution in [0.2, 0.25) is 0 Å². The third kappa shape index (κ3) is 3.43. The summed E-state index contributed by atoms with van der Waals surface area (Å²) in [6.45, 7) is 7.19. The lowest BCUT2D eigenvalue weighted by molar-refractivity contribution is -0.144. The summed E-state index contributed by atoms with van der Waals surface area (Å²) in [6.07, 6.45) is 1.31. The third-order valence-corrected chi connectivity index (χ3v) is 5.87. The minimum Gasteiger partial charge on any atom is -0.467 e. The van der Waals surface area contributed by atoms with E-state index in [1.54, 1.807) is 13.8 Å². The number of esters is 1. The van der Waals surface area contributed by atoms with Crippen molar-refractivity contribution in [1.82, 2.24) is 9.55 Å². The molecule has 0 saturated carbocycles. The molecule has 0 aliphatic carbocycles. The summed E-state index contributed by atoms with van der Waals surface area (Å²) in [4.78, 5) is 42.6. The highest BCUT2D eigenvalue weighted by Gasteiger charge is 2.23. The molecule has 3 rings (SSSR count). The zero-order valence-electron chi connectivity index (χ0n) is 16.3. The van der Waals surface area contributed by atoms with Gasteiger partial charge in [-0.3, -0.25) is 14.2 Å². The van der Waals surface area contributed by atoms with E-state index in [1.807, 2.05) is 32.0 Å². The van der Waals surface area contributed by atoms with Crippen LogP contribution in [0.4, 0.5) is 5.69 Å². The fourth-order valence-corrected chi connectivity index (χ4v) is 4.08. The van der Waals surface area contributed by atoms with Gasteiger partial charge in [-0.2, -0.15) is 0 Å². The molecule has 2 heterocycles. The van der Waals surface area contributed by atoms with E-state index < -0.39 is 12.0 Å². The Balaban J connectivity index is 2.02. The predicted molar refractivity (Wildman–Crippen MR) is 109 cm³/mol. The summed E-state index contributed by atoms with van der Waals surface area (Å²) in [5, 5.41) is 3.24. The van der Waals surface area contributed by atoms with Gasteiger partial charge in [0.1, 0.15) is 10.9 Å². The minimum atomic E-state index is -0.804. The number of aromatic nitrogens is 2. The van der Waals surface area contributed by atoms with Crippen molar-refractivity contribution >= 4 is 39.1 Å². The molecule has 1 amide bonds. The summed E-state index contributed by atoms with van der Waals surface area (Å²) >= 11 is 1.16. The molecule has 0 saturated heterocycles. The van der Waals surface area contributed by atoms with Crippen molar-refractivity contribution < 1.29 is 14.3 Å². The van der Waals surface area contributed by atoms with Gasteiger partial charge in [0.25, 0.3) is 11.5 Å². The van der Waals surface area contributed by atoms with Crippen molar-refractivity contribution in [3.8, 4) is 0 Å². The van der Waals surface area contributed by atoms with Crippen molar-refractivity contribution in [2.75, 3.05) is 12.4 Å². The first-order valence-electron chi connectivity index (χ1n) is 8.71. The van der Waals surface area contributed by atoms with Crippen molar-refractivity contribution in [2.24, 2.45) is 0 Å². The number of methoxy groups -OCH3 is 1. The number of rotatable bonds is 4. The predicted octanol–water partition coefficient (Wildman–Crippen LogP) is 3.37. The number of benzene rings is 1. The van der Waals surface area contributed by atoms with Crippen LogP contribution in [0, 0.1) is 20.8 Å². The average molecular weight is 399 g/mol. The Hall–Kier alpha value is -3.00. The number of hydrogen-bond acceptors (Lipinski definition) is 6. The molecular weight excluding hydrogens is 378 g/mol. The Morgan fingerprint density at radius 1 is 1.25 bits per heavy atom. The number of aryl methyl sites for hydroxylation is 3. The number of fused-ring (bicyclic) bond motifs is 1. The van der Waals surface area contributed by atoms with Gasteiger partial charge < -0.3 is 10.1 Å². The molecule has 0 radical (unpaired) electrons. The number of amides is 1. The second-order valence-electron chi connectivity index (χ2n) is 6.66. The normalized spacial score (nSPS) is 12.0. The van der Waals surface area contributed by atoms with Crippen molar-refractivity contribution in [1.29, 1.82) is 0 Å². The maximum absolute atomic E-state index is 12.9. The van der Waals surface area contributed by atoms with Crippen molar-refractivity contribution in [3.63, 3.8) is 0 Å². The van der Waals surface area contributed by atoms with Crippen molar-refractivity contribution in [2.45, 2.75) is 33.7 Å². The van der Waals surface area contributed by atoms with E-state index in [0.717, 1.165) is 28.2 Å². The largest absolute Gasteiger partial charge is 0.467 e. The summed E-state index contributed by atoms with van der Waals surface area (Å²) in [5.74, 6) is -0.830. The van der Waals surface area contributed by atoms with Gasteiger partial charge in [-0.1, -0.05) is 17.7 Å². The van der Waals surface area contributed by atoms with Crippen LogP contribution in [-0.4, -0.2) is 28.5 Å². The van der Waals surface area contributed by atoms with Gasteiger partial charge in [0.05, 0.1) is 23.7 Å². The van der Waals surface area contributed by atoms with Crippen LogP contribution in [0.1, 0.15) is 39.3 Å². The first-order chi connectivity index (χ1) is 13.2. The van der Waals surface area contributed by atoms with E-state index in [-0.39, 0.29) is 11.5 Å². The fourth-order valence-electron chi connectivity index (χ4n) is 3.05. The van der Waals surface area contributed by atoms with Gasteiger partial charge in [0.15, 0.2) is 0 Å². The highest BCUT2D eigenvalue weighted by molar-refractivity contribution is 7.20. The highest BCUT2D eigenvalue weighted by atomic mass is 32.1. The molecule has 7 nitrogen and oxygen atoms in total. The summed E-state index contributed by atoms with van der Waals surface area (Å²) in [5.41, 5.74) is 2.96. The molecule has 1 unspecified atom stereocenters. The van der Waals surface area contributed by atoms with Crippen LogP contribution in [0.5, 0.6) is 0 Å². The SMILES string of the molecule is COC(=O)C(C)n1cnc2sc(C(=O)Nc3ccc(C)cc3C)c(C)c2c1=O. The topological polar surface area (TPSA) is 90.3 Å². The first kappa shape index (κ1) is 19.8. The summed E-state index contributed by atoms with van der Waals surface area (Å²) < 4.78 is 5.93. The smallest absolute Gasteiger partial charge is 0.328 e. The fraction of sp³-hybridized carbons (Fsp3) is 0.300. The first-order valence-corrected chi connectivity index (χ1v) is 9.53. The number of nitrogens with zero attached hydrogens (tertiary/aromatic N) is 2. The number of carbonyl (C=O) groups is 2. The zero-order chi connectivity index (χ0) is 20.6. The molecule has 3 aromatic rings. The number of ether oxygens (including phenoxy) is 1. The molecule has 0 bridgehead atoms. The number of hydrogen-bond donors (Lipinski definition) is 1. The van der Waals surface area contributed by atoms with Crippen LogP contribution in [-0.2, 0) is 9.53 Å². The second-order valence-corrected chi connectivity index (χ2v) is 7.66. The Kier molecular flexibility index (Phi) is 5.33. The third-order valence-electron chi connectivity index (χ3n) is 4.67. The van der Waals surface area contributed by atoms with Crippen LogP contribution in [0.25, 0.3) is 10.2 Å². The molecule has 0 spiro atoms. The van der Waals surface area contributed by atoms with Crippen molar-refractivity contribution in [3.05, 3.63) is 56.4 Å². The van der Waals surface area contributed by atoms with Crippen LogP contribution < -0.4 is 10.9 Å². The van der Waals surface area contributed by atoms with Gasteiger partial charge in [0.2, 0.25) is 0 Å². The van der Waals surface area contributed by atoms with E-state index in [0.29, 0.717) is 20.7 Å². The Labute approximate surface area is 166 Å². The molecule has 1 N–H and O–H groups in total. The molecule has 0 aliphatic rings. The number of carbonyl (C=O) groups excluding carboxylic acids is 2. The molecule has 2 aromatic heterocycles. The maximum Gasteiger partial charge on any atom is 0.328 e. The molecule has 28 heavy (non-hydrogen) atoms. The van der Waals surface area contributed by atoms with Gasteiger partial charge in [-0.25, -0.2) is 9.78 Å². The van der Waals surface area contributed by atoms with E-state index in [2.05, 4.69) is 10.3 Å². The monoisotopic (exact) mass is 399 g/mol. The Morgan fingerprint density at radius 3 is 2.61 bits per heavy atom. The quantitative estimate of drug-likeness (QED) is 0.680. The lowest BCUT2D eigenvalue weighted by Crippen LogP contribution is -2.29. The number of anilines is 1. The lowest BCUT2D eigenvalue weighted by atomic mass is 10.1. The zero-order valence-corrected chi connectivity index (χ0v) is 17.1. The maximum atomic E-state index is 12.9. The van der Waals surface area contributed by atoms with E-state index in [4.69, 9.17) is 4.74 Å². The van der Waals surface area contributed by atoms with Gasteiger partial charge in [0, 0.05) is 5.69 Å². The number of nitrogens with one attached hydrogen (secondary N) is 1. The second kappa shape index (κ2) is 7.55. The molecule has 1 atom stereocenters. The highest BCUT2D eigenvalue weighted by Crippen LogP contribution is 2.28. The molecular formula is C20H21N3O4S. The van der Waals surface area contributed by atoms with Gasteiger partial charge >= 0.3 is 5.97 Å². The lowest BCUT2D eigenvalue weighted by Gasteiger charge is -2.12. The van der Waals surface area contributed by atoms with E-state index in [9.17, 15) is 14.4 Å². The van der Waals surface area contributed by atoms with Gasteiger partial charge in [-0.05, 0) is 44.9 Å². The van der Waals surface area contributed by atoms with Gasteiger partial charge in [-0.15, -0.1) is 11.3 Å². The summed E-state index contributed by atoms with van der Waals surface area (Å²) in [7, 11) is 1.27. The van der Waals surface area contributed by atoms with E-state index >= 15 is 0 Å². The molecule has 0 fully saturated rings. The minimum absolute atomic E-state index is 0.292. The molecule has 8 heteroatoms.